The third-order valence-corrected chi connectivity index (χ3v) is 5.45. The number of anilines is 1. The van der Waals surface area contributed by atoms with Crippen molar-refractivity contribution >= 4 is 17.9 Å². The number of carbonyl (C=O) groups excluding carboxylic acids is 2. The number of nitrogens with zero attached hydrogens (tertiary/aromatic N) is 3. The highest BCUT2D eigenvalue weighted by atomic mass is 16.6. The summed E-state index contributed by atoms with van der Waals surface area (Å²) in [5.74, 6) is -1.25. The van der Waals surface area contributed by atoms with Crippen LogP contribution in [0.15, 0.2) is 59.7 Å². The first kappa shape index (κ1) is 23.1. The molecule has 0 aliphatic carbocycles. The quantitative estimate of drug-likeness (QED) is 0.545. The van der Waals surface area contributed by atoms with Crippen molar-refractivity contribution in [3.63, 3.8) is 0 Å². The summed E-state index contributed by atoms with van der Waals surface area (Å²) in [5.41, 5.74) is 7.58. The highest BCUT2D eigenvalue weighted by Gasteiger charge is 2.40. The maximum atomic E-state index is 12.7. The zero-order valence-electron chi connectivity index (χ0n) is 18.7. The number of rotatable bonds is 6. The fourth-order valence-electron chi connectivity index (χ4n) is 3.52. The minimum atomic E-state index is -0.827. The van der Waals surface area contributed by atoms with Crippen LogP contribution in [-0.4, -0.2) is 45.3 Å². The number of carbonyl (C=O) groups is 2. The first-order chi connectivity index (χ1) is 16.3. The summed E-state index contributed by atoms with van der Waals surface area (Å²) < 4.78 is 18.2. The van der Waals surface area contributed by atoms with Gasteiger partial charge in [0.1, 0.15) is 31.4 Å². The van der Waals surface area contributed by atoms with E-state index in [-0.39, 0.29) is 19.0 Å². The van der Waals surface area contributed by atoms with Crippen LogP contribution < -0.4 is 11.4 Å². The van der Waals surface area contributed by atoms with Gasteiger partial charge in [-0.05, 0) is 38.1 Å². The van der Waals surface area contributed by atoms with Gasteiger partial charge in [0.2, 0.25) is 5.95 Å². The van der Waals surface area contributed by atoms with Crippen LogP contribution in [0, 0.1) is 13.8 Å². The molecule has 2 heterocycles. The lowest BCUT2D eigenvalue weighted by Crippen LogP contribution is -2.32. The molecule has 0 saturated carbocycles. The average molecular weight is 464 g/mol. The Balaban J connectivity index is 1.50. The van der Waals surface area contributed by atoms with Gasteiger partial charge in [-0.2, -0.15) is 4.98 Å². The SMILES string of the molecule is Cc1ccc(C(=O)OC[C@H]2O[C@H](n3cnc(N)nc3=O)C[C@H]2OC(=O)c2ccc(C)cc2)cc1. The van der Waals surface area contributed by atoms with E-state index in [9.17, 15) is 14.4 Å². The highest BCUT2D eigenvalue weighted by molar-refractivity contribution is 5.90. The molecule has 0 spiro atoms. The molecule has 3 aromatic rings. The van der Waals surface area contributed by atoms with Gasteiger partial charge in [-0.1, -0.05) is 35.4 Å². The van der Waals surface area contributed by atoms with E-state index in [0.29, 0.717) is 11.1 Å². The molecule has 3 atom stereocenters. The fourth-order valence-corrected chi connectivity index (χ4v) is 3.52. The van der Waals surface area contributed by atoms with Crippen molar-refractivity contribution in [2.75, 3.05) is 12.3 Å². The smallest absolute Gasteiger partial charge is 0.354 e. The number of nitrogens with two attached hydrogens (primary N) is 1. The standard InChI is InChI=1S/C24H24N4O6/c1-14-3-7-16(8-4-14)21(29)32-12-19-18(34-22(30)17-9-5-15(2)6-10-17)11-20(33-19)28-13-26-23(25)27-24(28)31/h3-10,13,18-20H,11-12H2,1-2H3,(H2,25,27,31)/t18-,19-,20+/m1/s1. The number of ether oxygens (including phenoxy) is 3. The number of benzene rings is 2. The van der Waals surface area contributed by atoms with Crippen molar-refractivity contribution in [1.29, 1.82) is 0 Å². The lowest BCUT2D eigenvalue weighted by atomic mass is 10.1. The summed E-state index contributed by atoms with van der Waals surface area (Å²) in [5, 5.41) is 0. The van der Waals surface area contributed by atoms with Gasteiger partial charge in [0.05, 0.1) is 11.1 Å². The van der Waals surface area contributed by atoms with Crippen LogP contribution in [0.25, 0.3) is 0 Å². The Morgan fingerprint density at radius 3 is 2.21 bits per heavy atom. The molecule has 1 saturated heterocycles. The monoisotopic (exact) mass is 464 g/mol. The Labute approximate surface area is 195 Å². The maximum Gasteiger partial charge on any atom is 0.354 e. The van der Waals surface area contributed by atoms with Crippen LogP contribution in [0.4, 0.5) is 5.95 Å². The normalized spacial score (nSPS) is 19.5. The van der Waals surface area contributed by atoms with Crippen LogP contribution in [0.5, 0.6) is 0 Å². The molecule has 2 N–H and O–H groups in total. The summed E-state index contributed by atoms with van der Waals surface area (Å²) in [4.78, 5) is 44.9. The number of hydrogen-bond donors (Lipinski definition) is 1. The van der Waals surface area contributed by atoms with Crippen LogP contribution in [0.2, 0.25) is 0 Å². The topological polar surface area (TPSA) is 136 Å². The van der Waals surface area contributed by atoms with Gasteiger partial charge < -0.3 is 19.9 Å². The zero-order valence-corrected chi connectivity index (χ0v) is 18.7. The number of aromatic nitrogens is 3. The van der Waals surface area contributed by atoms with E-state index < -0.39 is 36.1 Å². The van der Waals surface area contributed by atoms with Gasteiger partial charge in [0, 0.05) is 6.42 Å². The molecule has 0 unspecified atom stereocenters. The third kappa shape index (κ3) is 5.29. The van der Waals surface area contributed by atoms with Gasteiger partial charge in [-0.25, -0.2) is 19.4 Å². The van der Waals surface area contributed by atoms with E-state index in [1.54, 1.807) is 48.5 Å². The zero-order chi connectivity index (χ0) is 24.2. The van der Waals surface area contributed by atoms with Gasteiger partial charge in [-0.15, -0.1) is 0 Å². The summed E-state index contributed by atoms with van der Waals surface area (Å²) >= 11 is 0. The van der Waals surface area contributed by atoms with Gasteiger partial charge in [0.15, 0.2) is 0 Å². The Bertz CT molecular complexity index is 1240. The average Bonchev–Trinajstić information content (AvgIpc) is 3.20. The minimum Gasteiger partial charge on any atom is -0.459 e. The van der Waals surface area contributed by atoms with Crippen LogP contribution in [0.1, 0.15) is 44.5 Å². The molecule has 34 heavy (non-hydrogen) atoms. The van der Waals surface area contributed by atoms with E-state index in [4.69, 9.17) is 19.9 Å². The van der Waals surface area contributed by atoms with E-state index in [2.05, 4.69) is 9.97 Å². The van der Waals surface area contributed by atoms with E-state index in [1.165, 1.54) is 6.33 Å². The van der Waals surface area contributed by atoms with E-state index in [1.807, 2.05) is 13.8 Å². The second-order valence-corrected chi connectivity index (χ2v) is 8.04. The molecule has 2 aromatic carbocycles. The van der Waals surface area contributed by atoms with Crippen molar-refractivity contribution in [2.45, 2.75) is 38.7 Å². The first-order valence-corrected chi connectivity index (χ1v) is 10.7. The van der Waals surface area contributed by atoms with Crippen LogP contribution in [0.3, 0.4) is 0 Å². The summed E-state index contributed by atoms with van der Waals surface area (Å²) in [7, 11) is 0. The third-order valence-electron chi connectivity index (χ3n) is 5.45. The van der Waals surface area contributed by atoms with Crippen LogP contribution in [-0.2, 0) is 14.2 Å². The van der Waals surface area contributed by atoms with Crippen molar-refractivity contribution in [2.24, 2.45) is 0 Å². The molecule has 1 aliphatic rings. The van der Waals surface area contributed by atoms with Crippen molar-refractivity contribution in [3.05, 3.63) is 87.6 Å². The molecule has 0 bridgehead atoms. The van der Waals surface area contributed by atoms with E-state index >= 15 is 0 Å². The van der Waals surface area contributed by atoms with Crippen LogP contribution >= 0.6 is 0 Å². The van der Waals surface area contributed by atoms with Crippen molar-refractivity contribution < 1.29 is 23.8 Å². The van der Waals surface area contributed by atoms with Crippen molar-refractivity contribution in [3.8, 4) is 0 Å². The van der Waals surface area contributed by atoms with Gasteiger partial charge in [-0.3, -0.25) is 4.57 Å². The van der Waals surface area contributed by atoms with Gasteiger partial charge in [0.25, 0.3) is 0 Å². The highest BCUT2D eigenvalue weighted by Crippen LogP contribution is 2.31. The minimum absolute atomic E-state index is 0.136. The predicted molar refractivity (Wildman–Crippen MR) is 121 cm³/mol. The van der Waals surface area contributed by atoms with Crippen molar-refractivity contribution in [1.82, 2.24) is 14.5 Å². The molecular formula is C24H24N4O6. The molecule has 0 amide bonds. The lowest BCUT2D eigenvalue weighted by molar-refractivity contribution is -0.0584. The first-order valence-electron chi connectivity index (χ1n) is 10.7. The Morgan fingerprint density at radius 2 is 1.62 bits per heavy atom. The molecule has 1 fully saturated rings. The summed E-state index contributed by atoms with van der Waals surface area (Å²) in [6.07, 6.45) is -1.06. The molecule has 10 nitrogen and oxygen atoms in total. The second-order valence-electron chi connectivity index (χ2n) is 8.04. The second kappa shape index (κ2) is 9.84. The predicted octanol–water partition coefficient (Wildman–Crippen LogP) is 2.21. The molecule has 176 valence electrons. The molecule has 4 rings (SSSR count). The molecular weight excluding hydrogens is 440 g/mol. The molecule has 10 heteroatoms. The summed E-state index contributed by atoms with van der Waals surface area (Å²) in [6, 6.07) is 13.9. The Kier molecular flexibility index (Phi) is 6.69. The molecule has 0 radical (unpaired) electrons. The number of hydrogen-bond acceptors (Lipinski definition) is 9. The van der Waals surface area contributed by atoms with E-state index in [0.717, 1.165) is 15.7 Å². The number of esters is 2. The molecule has 1 aliphatic heterocycles. The maximum absolute atomic E-state index is 12.7. The summed E-state index contributed by atoms with van der Waals surface area (Å²) in [6.45, 7) is 3.65. The lowest BCUT2D eigenvalue weighted by Gasteiger charge is -2.19. The Morgan fingerprint density at radius 1 is 1.03 bits per heavy atom. The Hall–Kier alpha value is -4.05. The largest absolute Gasteiger partial charge is 0.459 e. The number of nitrogen functional groups attached to an aromatic ring is 1. The number of aryl methyl sites for hydroxylation is 2. The molecule has 1 aromatic heterocycles. The van der Waals surface area contributed by atoms with Gasteiger partial charge >= 0.3 is 17.6 Å². The fraction of sp³-hybridized carbons (Fsp3) is 0.292.